The fraction of sp³-hybridized carbons (Fsp3) is 0.800. The highest BCUT2D eigenvalue weighted by Crippen LogP contribution is 2.24. The van der Waals surface area contributed by atoms with Crippen molar-refractivity contribution in [1.82, 2.24) is 0 Å². The van der Waals surface area contributed by atoms with Gasteiger partial charge in [-0.25, -0.2) is 4.79 Å². The summed E-state index contributed by atoms with van der Waals surface area (Å²) in [5.74, 6) is 0.256. The van der Waals surface area contributed by atoms with Gasteiger partial charge in [0.2, 0.25) is 0 Å². The third-order valence-corrected chi connectivity index (χ3v) is 7.66. The molecule has 0 bridgehead atoms. The van der Waals surface area contributed by atoms with E-state index in [1.807, 2.05) is 6.07 Å². The molecule has 0 unspecified atom stereocenters. The quantitative estimate of drug-likeness (QED) is 0.102. The van der Waals surface area contributed by atoms with Gasteiger partial charge in [-0.15, -0.1) is 0 Å². The van der Waals surface area contributed by atoms with Crippen molar-refractivity contribution in [3.63, 3.8) is 0 Å². The highest BCUT2D eigenvalue weighted by Gasteiger charge is 2.09. The lowest BCUT2D eigenvalue weighted by atomic mass is 10.1. The summed E-state index contributed by atoms with van der Waals surface area (Å²) in [4.78, 5) is 11.6. The highest BCUT2D eigenvalue weighted by molar-refractivity contribution is 5.88. The number of benzene rings is 1. The highest BCUT2D eigenvalue weighted by atomic mass is 16.5. The predicted octanol–water partition coefficient (Wildman–Crippen LogP) is 11.5. The number of rotatable bonds is 29. The molecule has 0 aliphatic rings. The fourth-order valence-corrected chi connectivity index (χ4v) is 5.13. The van der Waals surface area contributed by atoms with E-state index in [4.69, 9.17) is 9.47 Å². The average Bonchev–Trinajstić information content (AvgIpc) is 2.93. The molecule has 0 aromatic heterocycles. The second-order valence-corrected chi connectivity index (χ2v) is 11.5. The summed E-state index contributed by atoms with van der Waals surface area (Å²) in [6.45, 7) is 5.79. The lowest BCUT2D eigenvalue weighted by Crippen LogP contribution is -2.03. The van der Waals surface area contributed by atoms with E-state index in [2.05, 4.69) is 13.8 Å². The maximum atomic E-state index is 11.6. The number of ether oxygens (including phenoxy) is 2. The summed E-state index contributed by atoms with van der Waals surface area (Å²) in [6, 6.07) is 5.06. The fourth-order valence-electron chi connectivity index (χ4n) is 5.13. The molecule has 0 fully saturated rings. The molecule has 0 atom stereocenters. The smallest absolute Gasteiger partial charge is 0.335 e. The van der Waals surface area contributed by atoms with Crippen LogP contribution in [0, 0.1) is 0 Å². The van der Waals surface area contributed by atoms with Crippen molar-refractivity contribution in [1.29, 1.82) is 0 Å². The number of hydrogen-bond donors (Lipinski definition) is 1. The van der Waals surface area contributed by atoms with Gasteiger partial charge in [-0.2, -0.15) is 0 Å². The van der Waals surface area contributed by atoms with E-state index >= 15 is 0 Å². The first kappa shape index (κ1) is 35.3. The van der Waals surface area contributed by atoms with Crippen LogP contribution in [0.25, 0.3) is 0 Å². The van der Waals surface area contributed by atoms with Crippen LogP contribution in [-0.2, 0) is 0 Å². The standard InChI is InChI=1S/C35H62O4/c1-3-5-7-9-11-13-15-17-19-21-23-25-27-38-33-29-32(35(36)37)30-34(31-33)39-28-26-24-22-20-18-16-14-12-10-8-6-4-2/h29-31H,3-28H2,1-2H3,(H,36,37). The van der Waals surface area contributed by atoms with Crippen LogP contribution in [-0.4, -0.2) is 24.3 Å². The van der Waals surface area contributed by atoms with E-state index in [0.29, 0.717) is 24.7 Å². The van der Waals surface area contributed by atoms with Crippen molar-refractivity contribution in [3.8, 4) is 11.5 Å². The topological polar surface area (TPSA) is 55.8 Å². The molecule has 4 nitrogen and oxygen atoms in total. The average molecular weight is 547 g/mol. The third-order valence-electron chi connectivity index (χ3n) is 7.66. The Hall–Kier alpha value is -1.71. The number of unbranched alkanes of at least 4 members (excludes halogenated alkanes) is 22. The number of carboxylic acids is 1. The number of aromatic carboxylic acids is 1. The Morgan fingerprint density at radius 2 is 0.769 bits per heavy atom. The first-order valence-corrected chi connectivity index (χ1v) is 16.8. The summed E-state index contributed by atoms with van der Waals surface area (Å²) in [6.07, 6.45) is 31.5. The second kappa shape index (κ2) is 26.5. The first-order chi connectivity index (χ1) is 19.2. The van der Waals surface area contributed by atoms with Gasteiger partial charge in [0.1, 0.15) is 11.5 Å². The zero-order valence-electron chi connectivity index (χ0n) is 25.8. The Bertz CT molecular complexity index is 639. The van der Waals surface area contributed by atoms with Gasteiger partial charge in [-0.05, 0) is 25.0 Å². The van der Waals surface area contributed by atoms with Gasteiger partial charge >= 0.3 is 5.97 Å². The monoisotopic (exact) mass is 546 g/mol. The van der Waals surface area contributed by atoms with E-state index in [9.17, 15) is 9.90 Å². The van der Waals surface area contributed by atoms with Crippen LogP contribution in [0.15, 0.2) is 18.2 Å². The number of carbonyl (C=O) groups is 1. The molecule has 0 amide bonds. The van der Waals surface area contributed by atoms with Crippen LogP contribution >= 0.6 is 0 Å². The Kier molecular flexibility index (Phi) is 24.0. The van der Waals surface area contributed by atoms with Crippen molar-refractivity contribution in [2.75, 3.05) is 13.2 Å². The van der Waals surface area contributed by atoms with Gasteiger partial charge in [0.05, 0.1) is 18.8 Å². The predicted molar refractivity (Wildman–Crippen MR) is 167 cm³/mol. The molecular formula is C35H62O4. The van der Waals surface area contributed by atoms with Crippen molar-refractivity contribution in [2.24, 2.45) is 0 Å². The van der Waals surface area contributed by atoms with Crippen molar-refractivity contribution < 1.29 is 19.4 Å². The lowest BCUT2D eigenvalue weighted by Gasteiger charge is -2.11. The molecule has 1 aromatic carbocycles. The molecule has 0 saturated heterocycles. The normalized spacial score (nSPS) is 11.1. The Balaban J connectivity index is 2.11. The van der Waals surface area contributed by atoms with Crippen LogP contribution in [0.3, 0.4) is 0 Å². The molecular weight excluding hydrogens is 484 g/mol. The Morgan fingerprint density at radius 1 is 0.487 bits per heavy atom. The number of carboxylic acid groups (broad SMARTS) is 1. The summed E-state index contributed by atoms with van der Waals surface area (Å²) in [5.41, 5.74) is 0.229. The Labute approximate surface area is 241 Å². The van der Waals surface area contributed by atoms with Gasteiger partial charge in [-0.1, -0.05) is 155 Å². The van der Waals surface area contributed by atoms with Gasteiger partial charge < -0.3 is 14.6 Å². The zero-order valence-corrected chi connectivity index (χ0v) is 25.8. The first-order valence-electron chi connectivity index (χ1n) is 16.8. The molecule has 0 saturated carbocycles. The van der Waals surface area contributed by atoms with Crippen LogP contribution < -0.4 is 9.47 Å². The van der Waals surface area contributed by atoms with E-state index in [0.717, 1.165) is 25.7 Å². The van der Waals surface area contributed by atoms with Crippen LogP contribution in [0.2, 0.25) is 0 Å². The maximum absolute atomic E-state index is 11.6. The van der Waals surface area contributed by atoms with E-state index in [-0.39, 0.29) is 5.56 Å². The zero-order chi connectivity index (χ0) is 28.2. The minimum absolute atomic E-state index is 0.229. The van der Waals surface area contributed by atoms with E-state index in [1.54, 1.807) is 12.1 Å². The molecule has 226 valence electrons. The van der Waals surface area contributed by atoms with Gasteiger partial charge in [0, 0.05) is 6.07 Å². The van der Waals surface area contributed by atoms with Crippen molar-refractivity contribution >= 4 is 5.97 Å². The molecule has 0 radical (unpaired) electrons. The molecule has 1 rings (SSSR count). The minimum Gasteiger partial charge on any atom is -0.493 e. The molecule has 4 heteroatoms. The molecule has 0 heterocycles. The molecule has 39 heavy (non-hydrogen) atoms. The second-order valence-electron chi connectivity index (χ2n) is 11.5. The summed E-state index contributed by atoms with van der Waals surface area (Å²) >= 11 is 0. The van der Waals surface area contributed by atoms with E-state index in [1.165, 1.54) is 128 Å². The number of hydrogen-bond acceptors (Lipinski definition) is 3. The van der Waals surface area contributed by atoms with Gasteiger partial charge in [-0.3, -0.25) is 0 Å². The van der Waals surface area contributed by atoms with E-state index < -0.39 is 5.97 Å². The minimum atomic E-state index is -0.943. The Morgan fingerprint density at radius 3 is 1.05 bits per heavy atom. The van der Waals surface area contributed by atoms with Gasteiger partial charge in [0.25, 0.3) is 0 Å². The largest absolute Gasteiger partial charge is 0.493 e. The molecule has 1 aromatic rings. The van der Waals surface area contributed by atoms with Crippen LogP contribution in [0.1, 0.15) is 178 Å². The third kappa shape index (κ3) is 21.8. The lowest BCUT2D eigenvalue weighted by molar-refractivity contribution is 0.0695. The molecule has 0 aliphatic heterocycles. The van der Waals surface area contributed by atoms with Crippen molar-refractivity contribution in [3.05, 3.63) is 23.8 Å². The van der Waals surface area contributed by atoms with Crippen LogP contribution in [0.4, 0.5) is 0 Å². The van der Waals surface area contributed by atoms with Crippen molar-refractivity contribution in [2.45, 2.75) is 168 Å². The van der Waals surface area contributed by atoms with Crippen LogP contribution in [0.5, 0.6) is 11.5 Å². The SMILES string of the molecule is CCCCCCCCCCCCCCOc1cc(OCCCCCCCCCCCCCC)cc(C(=O)O)c1. The molecule has 0 aliphatic carbocycles. The molecule has 1 N–H and O–H groups in total. The summed E-state index contributed by atoms with van der Waals surface area (Å²) < 4.78 is 11.8. The summed E-state index contributed by atoms with van der Waals surface area (Å²) in [5, 5.41) is 9.49. The summed E-state index contributed by atoms with van der Waals surface area (Å²) in [7, 11) is 0. The maximum Gasteiger partial charge on any atom is 0.335 e. The van der Waals surface area contributed by atoms with Gasteiger partial charge in [0.15, 0.2) is 0 Å². The molecule has 0 spiro atoms.